The van der Waals surface area contributed by atoms with Gasteiger partial charge in [-0.1, -0.05) is 0 Å². The van der Waals surface area contributed by atoms with Crippen LogP contribution in [0.1, 0.15) is 34.1 Å². The SMILES string of the molecule is CCOP(OCC)OC1(C(=O)OC)C[C@H](OC(C)=O)[C@@H](NC(C)=O)CO1. The summed E-state index contributed by atoms with van der Waals surface area (Å²) in [5.74, 6) is -3.58. The van der Waals surface area contributed by atoms with Crippen molar-refractivity contribution in [2.24, 2.45) is 0 Å². The number of ether oxygens (including phenoxy) is 3. The number of nitrogens with one attached hydrogen (secondary N) is 1. The number of carbonyl (C=O) groups is 3. The van der Waals surface area contributed by atoms with Gasteiger partial charge in [0.25, 0.3) is 5.79 Å². The number of carbonyl (C=O) groups excluding carboxylic acids is 3. The van der Waals surface area contributed by atoms with Crippen LogP contribution in [-0.2, 0) is 42.2 Å². The van der Waals surface area contributed by atoms with Gasteiger partial charge >= 0.3 is 20.5 Å². The molecular weight excluding hydrogens is 369 g/mol. The van der Waals surface area contributed by atoms with E-state index in [9.17, 15) is 14.4 Å². The van der Waals surface area contributed by atoms with Crippen LogP contribution in [0.5, 0.6) is 0 Å². The zero-order chi connectivity index (χ0) is 19.7. The van der Waals surface area contributed by atoms with Gasteiger partial charge < -0.3 is 28.6 Å². The Morgan fingerprint density at radius 1 is 1.19 bits per heavy atom. The van der Waals surface area contributed by atoms with Crippen LogP contribution in [0.4, 0.5) is 0 Å². The third kappa shape index (κ3) is 6.44. The van der Waals surface area contributed by atoms with Crippen LogP contribution in [0, 0.1) is 0 Å². The monoisotopic (exact) mass is 395 g/mol. The van der Waals surface area contributed by atoms with Crippen molar-refractivity contribution in [3.8, 4) is 0 Å². The summed E-state index contributed by atoms with van der Waals surface area (Å²) in [6, 6.07) is -0.636. The van der Waals surface area contributed by atoms with Crippen molar-refractivity contribution in [2.45, 2.75) is 52.0 Å². The number of rotatable bonds is 9. The van der Waals surface area contributed by atoms with E-state index in [0.29, 0.717) is 13.2 Å². The van der Waals surface area contributed by atoms with Gasteiger partial charge in [0.2, 0.25) is 5.91 Å². The number of esters is 2. The van der Waals surface area contributed by atoms with Crippen LogP contribution in [0.25, 0.3) is 0 Å². The lowest BCUT2D eigenvalue weighted by molar-refractivity contribution is -0.249. The summed E-state index contributed by atoms with van der Waals surface area (Å²) in [6.45, 7) is 6.52. The van der Waals surface area contributed by atoms with Gasteiger partial charge in [-0.25, -0.2) is 4.79 Å². The summed E-state index contributed by atoms with van der Waals surface area (Å²) in [6.07, 6.45) is -1.05. The molecule has 150 valence electrons. The molecule has 0 aromatic heterocycles. The largest absolute Gasteiger partial charge is 0.465 e. The van der Waals surface area contributed by atoms with E-state index in [0.717, 1.165) is 0 Å². The summed E-state index contributed by atoms with van der Waals surface area (Å²) in [5, 5.41) is 2.63. The fraction of sp³-hybridized carbons (Fsp3) is 0.800. The normalized spacial score (nSPS) is 25.6. The minimum atomic E-state index is -1.89. The molecule has 0 saturated carbocycles. The standard InChI is InChI=1S/C15H26NO9P/c1-6-22-26(23-7-2)25-15(14(19)20-5)8-13(24-11(4)18)12(9-21-15)16-10(3)17/h12-13H,6-9H2,1-5H3,(H,16,17)/t12-,13-,15?/m0/s1. The quantitative estimate of drug-likeness (QED) is 0.451. The van der Waals surface area contributed by atoms with Gasteiger partial charge in [-0.15, -0.1) is 0 Å². The fourth-order valence-corrected chi connectivity index (χ4v) is 3.39. The molecular formula is C15H26NO9P. The summed E-state index contributed by atoms with van der Waals surface area (Å²) in [4.78, 5) is 35.2. The van der Waals surface area contributed by atoms with Crippen molar-refractivity contribution < 1.29 is 42.2 Å². The first-order valence-corrected chi connectivity index (χ1v) is 9.29. The van der Waals surface area contributed by atoms with Crippen molar-refractivity contribution in [2.75, 3.05) is 26.9 Å². The molecule has 1 unspecified atom stereocenters. The Morgan fingerprint density at radius 2 is 1.81 bits per heavy atom. The fourth-order valence-electron chi connectivity index (χ4n) is 2.35. The summed E-state index contributed by atoms with van der Waals surface area (Å²) in [5.41, 5.74) is 0. The minimum absolute atomic E-state index is 0.131. The highest BCUT2D eigenvalue weighted by molar-refractivity contribution is 7.41. The Morgan fingerprint density at radius 3 is 2.27 bits per heavy atom. The minimum Gasteiger partial charge on any atom is -0.465 e. The van der Waals surface area contributed by atoms with E-state index in [2.05, 4.69) is 5.32 Å². The molecule has 1 aliphatic rings. The highest BCUT2D eigenvalue weighted by Gasteiger charge is 2.53. The number of hydrogen-bond donors (Lipinski definition) is 1. The van der Waals surface area contributed by atoms with Crippen LogP contribution < -0.4 is 5.32 Å². The molecule has 3 atom stereocenters. The Bertz CT molecular complexity index is 498. The molecule has 1 amide bonds. The van der Waals surface area contributed by atoms with E-state index >= 15 is 0 Å². The molecule has 10 nitrogen and oxygen atoms in total. The Kier molecular flexibility index (Phi) is 9.38. The Labute approximate surface area is 153 Å². The first-order chi connectivity index (χ1) is 12.3. The van der Waals surface area contributed by atoms with Crippen LogP contribution in [0.3, 0.4) is 0 Å². The maximum absolute atomic E-state index is 12.4. The topological polar surface area (TPSA) is 119 Å². The van der Waals surface area contributed by atoms with E-state index in [1.54, 1.807) is 13.8 Å². The molecule has 0 radical (unpaired) electrons. The molecule has 1 N–H and O–H groups in total. The average molecular weight is 395 g/mol. The molecule has 11 heteroatoms. The first kappa shape index (κ1) is 22.7. The van der Waals surface area contributed by atoms with Crippen LogP contribution in [0.15, 0.2) is 0 Å². The van der Waals surface area contributed by atoms with E-state index in [1.807, 2.05) is 0 Å². The molecule has 1 saturated heterocycles. The summed E-state index contributed by atoms with van der Waals surface area (Å²) < 4.78 is 32.1. The zero-order valence-electron chi connectivity index (χ0n) is 15.6. The third-order valence-corrected chi connectivity index (χ3v) is 4.69. The molecule has 0 aromatic carbocycles. The van der Waals surface area contributed by atoms with Gasteiger partial charge in [-0.05, 0) is 13.8 Å². The van der Waals surface area contributed by atoms with Crippen LogP contribution in [0.2, 0.25) is 0 Å². The third-order valence-electron chi connectivity index (χ3n) is 3.31. The Balaban J connectivity index is 3.07. The predicted molar refractivity (Wildman–Crippen MR) is 89.7 cm³/mol. The van der Waals surface area contributed by atoms with Crippen molar-refractivity contribution in [1.29, 1.82) is 0 Å². The number of methoxy groups -OCH3 is 1. The van der Waals surface area contributed by atoms with Gasteiger partial charge in [0.1, 0.15) is 6.10 Å². The number of hydrogen-bond acceptors (Lipinski definition) is 9. The van der Waals surface area contributed by atoms with E-state index in [4.69, 9.17) is 27.8 Å². The van der Waals surface area contributed by atoms with Gasteiger partial charge in [-0.3, -0.25) is 14.1 Å². The molecule has 0 aliphatic carbocycles. The van der Waals surface area contributed by atoms with E-state index < -0.39 is 38.5 Å². The van der Waals surface area contributed by atoms with Crippen LogP contribution >= 0.6 is 8.60 Å². The van der Waals surface area contributed by atoms with Gasteiger partial charge in [0.05, 0.1) is 39.4 Å². The lowest BCUT2D eigenvalue weighted by atomic mass is 9.98. The average Bonchev–Trinajstić information content (AvgIpc) is 2.56. The molecule has 0 aromatic rings. The first-order valence-electron chi connectivity index (χ1n) is 8.19. The van der Waals surface area contributed by atoms with E-state index in [1.165, 1.54) is 21.0 Å². The predicted octanol–water partition coefficient (Wildman–Crippen LogP) is 1.03. The molecule has 0 spiro atoms. The highest BCUT2D eigenvalue weighted by Crippen LogP contribution is 2.47. The molecule has 1 rings (SSSR count). The second-order valence-corrected chi connectivity index (χ2v) is 6.51. The maximum Gasteiger partial charge on any atom is 0.367 e. The smallest absolute Gasteiger partial charge is 0.367 e. The number of amides is 1. The summed E-state index contributed by atoms with van der Waals surface area (Å²) >= 11 is 0. The van der Waals surface area contributed by atoms with Crippen LogP contribution in [-0.4, -0.2) is 62.7 Å². The molecule has 1 fully saturated rings. The second-order valence-electron chi connectivity index (χ2n) is 5.36. The summed E-state index contributed by atoms with van der Waals surface area (Å²) in [7, 11) is -0.713. The van der Waals surface area contributed by atoms with Gasteiger partial charge in [0, 0.05) is 13.8 Å². The van der Waals surface area contributed by atoms with Gasteiger partial charge in [-0.2, -0.15) is 0 Å². The van der Waals surface area contributed by atoms with Crippen molar-refractivity contribution in [3.63, 3.8) is 0 Å². The van der Waals surface area contributed by atoms with E-state index in [-0.39, 0.29) is 18.9 Å². The molecule has 1 aliphatic heterocycles. The lowest BCUT2D eigenvalue weighted by Gasteiger charge is -2.42. The molecule has 1 heterocycles. The zero-order valence-corrected chi connectivity index (χ0v) is 16.5. The lowest BCUT2D eigenvalue weighted by Crippen LogP contribution is -2.60. The van der Waals surface area contributed by atoms with Gasteiger partial charge in [0.15, 0.2) is 0 Å². The maximum atomic E-state index is 12.4. The second kappa shape index (κ2) is 10.7. The highest BCUT2D eigenvalue weighted by atomic mass is 31.2. The Hall–Kier alpha value is -1.32. The van der Waals surface area contributed by atoms with Crippen molar-refractivity contribution in [1.82, 2.24) is 5.32 Å². The molecule has 26 heavy (non-hydrogen) atoms. The van der Waals surface area contributed by atoms with Crippen molar-refractivity contribution in [3.05, 3.63) is 0 Å². The van der Waals surface area contributed by atoms with Crippen molar-refractivity contribution >= 4 is 26.4 Å². The molecule has 0 bridgehead atoms.